The molecule has 34 heavy (non-hydrogen) atoms. The molecule has 0 unspecified atom stereocenters. The summed E-state index contributed by atoms with van der Waals surface area (Å²) in [4.78, 5) is 41.7. The molecule has 180 valence electrons. The van der Waals surface area contributed by atoms with Gasteiger partial charge in [0.2, 0.25) is 5.91 Å². The Morgan fingerprint density at radius 3 is 2.76 bits per heavy atom. The number of H-pyrrole nitrogens is 1. The summed E-state index contributed by atoms with van der Waals surface area (Å²) in [6, 6.07) is 4.47. The van der Waals surface area contributed by atoms with Crippen molar-refractivity contribution in [2.45, 2.75) is 39.0 Å². The lowest BCUT2D eigenvalue weighted by Gasteiger charge is -2.26. The average Bonchev–Trinajstić information content (AvgIpc) is 3.32. The van der Waals surface area contributed by atoms with Gasteiger partial charge in [0.25, 0.3) is 5.91 Å². The van der Waals surface area contributed by atoms with Gasteiger partial charge in [-0.25, -0.2) is 4.79 Å². The first kappa shape index (κ1) is 23.6. The summed E-state index contributed by atoms with van der Waals surface area (Å²) in [7, 11) is 0. The number of carbonyl (C=O) groups is 3. The molecular weight excluding hydrogens is 432 g/mol. The number of likely N-dealkylation sites (tertiary alicyclic amines) is 1. The number of urea groups is 1. The van der Waals surface area contributed by atoms with Gasteiger partial charge in [0, 0.05) is 48.3 Å². The summed E-state index contributed by atoms with van der Waals surface area (Å²) in [5, 5.41) is 8.40. The number of benzene rings is 1. The lowest BCUT2D eigenvalue weighted by atomic mass is 10.0. The molecule has 2 aromatic rings. The standard InChI is InChI=1S/C25H32N6O3/c1-16-17(5-8-23(32)27-9-12-31-10-3-2-4-11-31)15-28-22(16)14-20-19-13-18(29-25(26)34)6-7-21(19)30-24(20)33/h6-7,13-15,28H,2-5,8-12H2,1H3,(H,27,32)(H,30,33)(H3,26,29,34)/b20-14-. The van der Waals surface area contributed by atoms with E-state index in [0.29, 0.717) is 41.9 Å². The molecule has 3 heterocycles. The van der Waals surface area contributed by atoms with Crippen LogP contribution < -0.4 is 21.7 Å². The van der Waals surface area contributed by atoms with Gasteiger partial charge in [0.15, 0.2) is 0 Å². The lowest BCUT2D eigenvalue weighted by molar-refractivity contribution is -0.121. The second kappa shape index (κ2) is 10.6. The Morgan fingerprint density at radius 1 is 1.21 bits per heavy atom. The van der Waals surface area contributed by atoms with Gasteiger partial charge in [-0.2, -0.15) is 0 Å². The van der Waals surface area contributed by atoms with E-state index in [1.165, 1.54) is 19.3 Å². The van der Waals surface area contributed by atoms with Crippen LogP contribution in [0.3, 0.4) is 0 Å². The molecule has 1 aromatic carbocycles. The first-order valence-corrected chi connectivity index (χ1v) is 11.8. The van der Waals surface area contributed by atoms with Crippen LogP contribution in [-0.4, -0.2) is 53.9 Å². The normalized spacial score (nSPS) is 16.9. The molecule has 0 saturated carbocycles. The van der Waals surface area contributed by atoms with Gasteiger partial charge in [-0.3, -0.25) is 9.59 Å². The zero-order valence-corrected chi connectivity index (χ0v) is 19.5. The summed E-state index contributed by atoms with van der Waals surface area (Å²) < 4.78 is 0. The summed E-state index contributed by atoms with van der Waals surface area (Å²) in [6.07, 6.45) is 8.53. The molecule has 1 saturated heterocycles. The molecule has 0 spiro atoms. The molecule has 9 nitrogen and oxygen atoms in total. The zero-order valence-electron chi connectivity index (χ0n) is 19.5. The Bertz CT molecular complexity index is 1110. The summed E-state index contributed by atoms with van der Waals surface area (Å²) in [5.74, 6) is -0.161. The van der Waals surface area contributed by atoms with Crippen molar-refractivity contribution in [2.24, 2.45) is 5.73 Å². The second-order valence-corrected chi connectivity index (χ2v) is 8.87. The van der Waals surface area contributed by atoms with Crippen LogP contribution in [0.2, 0.25) is 0 Å². The van der Waals surface area contributed by atoms with Crippen LogP contribution in [-0.2, 0) is 16.0 Å². The number of aryl methyl sites for hydroxylation is 1. The number of anilines is 2. The van der Waals surface area contributed by atoms with E-state index in [-0.39, 0.29) is 11.8 Å². The van der Waals surface area contributed by atoms with E-state index in [2.05, 4.69) is 25.8 Å². The zero-order chi connectivity index (χ0) is 24.1. The summed E-state index contributed by atoms with van der Waals surface area (Å²) in [5.41, 5.74) is 10.4. The molecule has 2 aliphatic rings. The molecule has 9 heteroatoms. The van der Waals surface area contributed by atoms with Crippen LogP contribution in [0.4, 0.5) is 16.2 Å². The van der Waals surface area contributed by atoms with E-state index in [4.69, 9.17) is 5.73 Å². The molecule has 0 aliphatic carbocycles. The van der Waals surface area contributed by atoms with Gasteiger partial charge in [0.05, 0.1) is 5.57 Å². The highest BCUT2D eigenvalue weighted by Gasteiger charge is 2.25. The quantitative estimate of drug-likeness (QED) is 0.384. The number of amides is 4. The molecule has 0 atom stereocenters. The van der Waals surface area contributed by atoms with Gasteiger partial charge in [-0.15, -0.1) is 0 Å². The predicted molar refractivity (Wildman–Crippen MR) is 133 cm³/mol. The maximum absolute atomic E-state index is 12.6. The van der Waals surface area contributed by atoms with Crippen LogP contribution in [0.25, 0.3) is 11.6 Å². The highest BCUT2D eigenvalue weighted by molar-refractivity contribution is 6.35. The fourth-order valence-electron chi connectivity index (χ4n) is 4.53. The predicted octanol–water partition coefficient (Wildman–Crippen LogP) is 2.84. The number of primary amides is 1. The van der Waals surface area contributed by atoms with E-state index in [1.54, 1.807) is 24.3 Å². The Morgan fingerprint density at radius 2 is 2.00 bits per heavy atom. The van der Waals surface area contributed by atoms with Gasteiger partial charge in [-0.05, 0) is 74.7 Å². The van der Waals surface area contributed by atoms with Crippen LogP contribution >= 0.6 is 0 Å². The van der Waals surface area contributed by atoms with Crippen LogP contribution in [0.15, 0.2) is 24.4 Å². The van der Waals surface area contributed by atoms with Crippen LogP contribution in [0, 0.1) is 6.92 Å². The number of aromatic amines is 1. The number of nitrogens with two attached hydrogens (primary N) is 1. The monoisotopic (exact) mass is 464 g/mol. The van der Waals surface area contributed by atoms with E-state index in [1.807, 2.05) is 13.1 Å². The number of aromatic nitrogens is 1. The minimum atomic E-state index is -0.664. The Kier molecular flexibility index (Phi) is 7.32. The summed E-state index contributed by atoms with van der Waals surface area (Å²) >= 11 is 0. The molecule has 4 amide bonds. The van der Waals surface area contributed by atoms with Gasteiger partial charge in [0.1, 0.15) is 0 Å². The molecule has 1 aromatic heterocycles. The number of piperidine rings is 1. The van der Waals surface area contributed by atoms with E-state index in [0.717, 1.165) is 36.5 Å². The highest BCUT2D eigenvalue weighted by Crippen LogP contribution is 2.35. The third-order valence-electron chi connectivity index (χ3n) is 6.47. The first-order chi connectivity index (χ1) is 16.4. The molecule has 0 bridgehead atoms. The number of rotatable bonds is 8. The van der Waals surface area contributed by atoms with E-state index in [9.17, 15) is 14.4 Å². The Labute approximate surface area is 199 Å². The van der Waals surface area contributed by atoms with Gasteiger partial charge >= 0.3 is 6.03 Å². The Balaban J connectivity index is 1.36. The molecule has 2 aliphatic heterocycles. The third kappa shape index (κ3) is 5.66. The minimum absolute atomic E-state index is 0.0519. The number of nitrogens with zero attached hydrogens (tertiary/aromatic N) is 1. The van der Waals surface area contributed by atoms with Crippen molar-refractivity contribution in [1.82, 2.24) is 15.2 Å². The first-order valence-electron chi connectivity index (χ1n) is 11.8. The maximum Gasteiger partial charge on any atom is 0.316 e. The number of hydrogen-bond donors (Lipinski definition) is 5. The van der Waals surface area contributed by atoms with E-state index < -0.39 is 6.03 Å². The minimum Gasteiger partial charge on any atom is -0.361 e. The number of nitrogens with one attached hydrogen (secondary N) is 4. The third-order valence-corrected chi connectivity index (χ3v) is 6.47. The fraction of sp³-hybridized carbons (Fsp3) is 0.400. The molecule has 1 fully saturated rings. The molecule has 0 radical (unpaired) electrons. The Hall–Kier alpha value is -3.59. The van der Waals surface area contributed by atoms with Crippen LogP contribution in [0.5, 0.6) is 0 Å². The number of hydrogen-bond acceptors (Lipinski definition) is 4. The van der Waals surface area contributed by atoms with Crippen molar-refractivity contribution in [3.63, 3.8) is 0 Å². The van der Waals surface area contributed by atoms with Crippen molar-refractivity contribution in [3.8, 4) is 0 Å². The van der Waals surface area contributed by atoms with Crippen molar-refractivity contribution in [2.75, 3.05) is 36.8 Å². The largest absolute Gasteiger partial charge is 0.361 e. The van der Waals surface area contributed by atoms with Crippen molar-refractivity contribution in [3.05, 3.63) is 46.8 Å². The second-order valence-electron chi connectivity index (χ2n) is 8.87. The maximum atomic E-state index is 12.6. The van der Waals surface area contributed by atoms with Crippen molar-refractivity contribution >= 4 is 40.9 Å². The smallest absolute Gasteiger partial charge is 0.316 e. The van der Waals surface area contributed by atoms with E-state index >= 15 is 0 Å². The molecule has 4 rings (SSSR count). The number of fused-ring (bicyclic) bond motifs is 1. The molecule has 6 N–H and O–H groups in total. The van der Waals surface area contributed by atoms with Crippen molar-refractivity contribution in [1.29, 1.82) is 0 Å². The highest BCUT2D eigenvalue weighted by atomic mass is 16.2. The van der Waals surface area contributed by atoms with Crippen molar-refractivity contribution < 1.29 is 14.4 Å². The molecular formula is C25H32N6O3. The number of carbonyl (C=O) groups excluding carboxylic acids is 3. The van der Waals surface area contributed by atoms with Crippen LogP contribution in [0.1, 0.15) is 48.1 Å². The van der Waals surface area contributed by atoms with Gasteiger partial charge < -0.3 is 31.6 Å². The average molecular weight is 465 g/mol. The lowest BCUT2D eigenvalue weighted by Crippen LogP contribution is -2.37. The van der Waals surface area contributed by atoms with Gasteiger partial charge in [-0.1, -0.05) is 6.42 Å². The summed E-state index contributed by atoms with van der Waals surface area (Å²) in [6.45, 7) is 5.83. The fourth-order valence-corrected chi connectivity index (χ4v) is 4.53. The topological polar surface area (TPSA) is 132 Å². The SMILES string of the molecule is Cc1c(CCC(=O)NCCN2CCCCC2)c[nH]c1/C=C1\C(=O)Nc2ccc(NC(N)=O)cc21.